The number of esters is 1. The van der Waals surface area contributed by atoms with Gasteiger partial charge in [0.1, 0.15) is 0 Å². The fraction of sp³-hybridized carbons (Fsp3) is 0.412. The molecule has 2 N–H and O–H groups in total. The maximum atomic E-state index is 12.1. The predicted molar refractivity (Wildman–Crippen MR) is 91.7 cm³/mol. The zero-order valence-corrected chi connectivity index (χ0v) is 14.4. The summed E-state index contributed by atoms with van der Waals surface area (Å²) in [5.41, 5.74) is 3.91. The number of benzene rings is 1. The molecule has 0 heterocycles. The van der Waals surface area contributed by atoms with Crippen molar-refractivity contribution in [2.75, 3.05) is 11.9 Å². The molecule has 0 saturated heterocycles. The molecule has 1 aromatic carbocycles. The summed E-state index contributed by atoms with van der Waals surface area (Å²) < 4.78 is 4.99. The highest BCUT2D eigenvalue weighted by molar-refractivity contribution is 6.02. The zero-order valence-electron chi connectivity index (χ0n) is 14.4. The van der Waals surface area contributed by atoms with Gasteiger partial charge >= 0.3 is 5.97 Å². The Morgan fingerprint density at radius 1 is 1.12 bits per heavy atom. The SMILES string of the molecule is CCOC(=O)C(CC)C(C)=NNC(=O)c1ccc(NC(C)=O)cc1. The second-order valence-electron chi connectivity index (χ2n) is 5.17. The van der Waals surface area contributed by atoms with Crippen LogP contribution < -0.4 is 10.7 Å². The summed E-state index contributed by atoms with van der Waals surface area (Å²) in [5, 5.41) is 6.61. The Labute approximate surface area is 141 Å². The van der Waals surface area contributed by atoms with Crippen molar-refractivity contribution in [2.24, 2.45) is 11.0 Å². The molecular formula is C17H23N3O4. The summed E-state index contributed by atoms with van der Waals surface area (Å²) in [4.78, 5) is 34.8. The lowest BCUT2D eigenvalue weighted by Gasteiger charge is -2.13. The van der Waals surface area contributed by atoms with Crippen molar-refractivity contribution in [3.8, 4) is 0 Å². The van der Waals surface area contributed by atoms with Gasteiger partial charge in [-0.15, -0.1) is 0 Å². The smallest absolute Gasteiger partial charge is 0.314 e. The molecule has 24 heavy (non-hydrogen) atoms. The van der Waals surface area contributed by atoms with Gasteiger partial charge in [-0.1, -0.05) is 6.92 Å². The number of ether oxygens (including phenoxy) is 1. The molecule has 130 valence electrons. The Hall–Kier alpha value is -2.70. The largest absolute Gasteiger partial charge is 0.465 e. The van der Waals surface area contributed by atoms with Crippen LogP contribution in [0.2, 0.25) is 0 Å². The third-order valence-corrected chi connectivity index (χ3v) is 3.28. The maximum absolute atomic E-state index is 12.1. The maximum Gasteiger partial charge on any atom is 0.314 e. The fourth-order valence-electron chi connectivity index (χ4n) is 2.07. The summed E-state index contributed by atoms with van der Waals surface area (Å²) in [6, 6.07) is 6.41. The first-order valence-corrected chi connectivity index (χ1v) is 7.77. The number of carbonyl (C=O) groups is 3. The van der Waals surface area contributed by atoms with Crippen LogP contribution in [0.25, 0.3) is 0 Å². The van der Waals surface area contributed by atoms with Crippen molar-refractivity contribution >= 4 is 29.2 Å². The Morgan fingerprint density at radius 2 is 1.75 bits per heavy atom. The average molecular weight is 333 g/mol. The van der Waals surface area contributed by atoms with Crippen molar-refractivity contribution in [1.82, 2.24) is 5.43 Å². The van der Waals surface area contributed by atoms with E-state index in [1.165, 1.54) is 6.92 Å². The molecule has 0 aliphatic heterocycles. The lowest BCUT2D eigenvalue weighted by molar-refractivity contribution is -0.145. The highest BCUT2D eigenvalue weighted by Gasteiger charge is 2.21. The van der Waals surface area contributed by atoms with Crippen molar-refractivity contribution in [3.63, 3.8) is 0 Å². The summed E-state index contributed by atoms with van der Waals surface area (Å²) in [6.07, 6.45) is 0.537. The quantitative estimate of drug-likeness (QED) is 0.455. The van der Waals surface area contributed by atoms with E-state index in [-0.39, 0.29) is 11.9 Å². The van der Waals surface area contributed by atoms with Gasteiger partial charge in [-0.25, -0.2) is 5.43 Å². The molecular weight excluding hydrogens is 310 g/mol. The minimum absolute atomic E-state index is 0.183. The van der Waals surface area contributed by atoms with Gasteiger partial charge in [-0.2, -0.15) is 5.10 Å². The molecule has 0 bridgehead atoms. The molecule has 0 radical (unpaired) electrons. The topological polar surface area (TPSA) is 96.9 Å². The number of nitrogens with one attached hydrogen (secondary N) is 2. The van der Waals surface area contributed by atoms with Crippen LogP contribution in [-0.4, -0.2) is 30.1 Å². The monoisotopic (exact) mass is 333 g/mol. The lowest BCUT2D eigenvalue weighted by atomic mass is 10.0. The first-order chi connectivity index (χ1) is 11.4. The molecule has 0 spiro atoms. The van der Waals surface area contributed by atoms with E-state index in [0.717, 1.165) is 0 Å². The van der Waals surface area contributed by atoms with Gasteiger partial charge in [0.15, 0.2) is 0 Å². The minimum Gasteiger partial charge on any atom is -0.465 e. The van der Waals surface area contributed by atoms with Crippen LogP contribution in [0.1, 0.15) is 44.5 Å². The number of hydrogen-bond donors (Lipinski definition) is 2. The number of nitrogens with zero attached hydrogens (tertiary/aromatic N) is 1. The Kier molecular flexibility index (Phi) is 7.61. The van der Waals surface area contributed by atoms with Crippen molar-refractivity contribution < 1.29 is 19.1 Å². The molecule has 2 amide bonds. The molecule has 1 atom stereocenters. The van der Waals surface area contributed by atoms with Crippen molar-refractivity contribution in [3.05, 3.63) is 29.8 Å². The third-order valence-electron chi connectivity index (χ3n) is 3.28. The van der Waals surface area contributed by atoms with Crippen LogP contribution in [0.3, 0.4) is 0 Å². The minimum atomic E-state index is -0.479. The zero-order chi connectivity index (χ0) is 18.1. The van der Waals surface area contributed by atoms with Gasteiger partial charge < -0.3 is 10.1 Å². The summed E-state index contributed by atoms with van der Waals surface area (Å²) in [6.45, 7) is 6.97. The molecule has 0 fully saturated rings. The van der Waals surface area contributed by atoms with Gasteiger partial charge in [0.2, 0.25) is 5.91 Å². The standard InChI is InChI=1S/C17H23N3O4/c1-5-15(17(23)24-6-2)11(3)19-20-16(22)13-7-9-14(10-8-13)18-12(4)21/h7-10,15H,5-6H2,1-4H3,(H,18,21)(H,20,22). The fourth-order valence-corrected chi connectivity index (χ4v) is 2.07. The second-order valence-corrected chi connectivity index (χ2v) is 5.17. The molecule has 0 saturated carbocycles. The van der Waals surface area contributed by atoms with E-state index >= 15 is 0 Å². The first kappa shape index (κ1) is 19.3. The first-order valence-electron chi connectivity index (χ1n) is 7.77. The van der Waals surface area contributed by atoms with E-state index in [1.54, 1.807) is 38.1 Å². The Morgan fingerprint density at radius 3 is 2.25 bits per heavy atom. The van der Waals surface area contributed by atoms with Gasteiger partial charge in [0, 0.05) is 23.9 Å². The number of hydrazone groups is 1. The van der Waals surface area contributed by atoms with Crippen LogP contribution >= 0.6 is 0 Å². The normalized spacial score (nSPS) is 12.2. The molecule has 1 rings (SSSR count). The molecule has 0 aliphatic carbocycles. The number of carbonyl (C=O) groups excluding carboxylic acids is 3. The molecule has 7 nitrogen and oxygen atoms in total. The van der Waals surface area contributed by atoms with Crippen LogP contribution in [0.5, 0.6) is 0 Å². The number of amides is 2. The Balaban J connectivity index is 2.72. The molecule has 0 aromatic heterocycles. The number of rotatable bonds is 7. The third kappa shape index (κ3) is 5.83. The van der Waals surface area contributed by atoms with E-state index in [2.05, 4.69) is 15.8 Å². The predicted octanol–water partition coefficient (Wildman–Crippen LogP) is 2.34. The van der Waals surface area contributed by atoms with E-state index in [9.17, 15) is 14.4 Å². The molecule has 7 heteroatoms. The van der Waals surface area contributed by atoms with Gasteiger partial charge in [-0.3, -0.25) is 14.4 Å². The molecule has 0 aliphatic rings. The van der Waals surface area contributed by atoms with E-state index in [4.69, 9.17) is 4.74 Å². The molecule has 1 unspecified atom stereocenters. The van der Waals surface area contributed by atoms with Gasteiger partial charge in [0.25, 0.3) is 5.91 Å². The average Bonchev–Trinajstić information content (AvgIpc) is 2.53. The summed E-state index contributed by atoms with van der Waals surface area (Å²) >= 11 is 0. The van der Waals surface area contributed by atoms with E-state index in [1.807, 2.05) is 6.92 Å². The van der Waals surface area contributed by atoms with Crippen LogP contribution in [0.15, 0.2) is 29.4 Å². The number of anilines is 1. The van der Waals surface area contributed by atoms with Gasteiger partial charge in [0.05, 0.1) is 12.5 Å². The van der Waals surface area contributed by atoms with Crippen LogP contribution in [0.4, 0.5) is 5.69 Å². The molecule has 1 aromatic rings. The van der Waals surface area contributed by atoms with Crippen LogP contribution in [0, 0.1) is 5.92 Å². The van der Waals surface area contributed by atoms with Gasteiger partial charge in [-0.05, 0) is 44.5 Å². The lowest BCUT2D eigenvalue weighted by Crippen LogP contribution is -2.27. The highest BCUT2D eigenvalue weighted by Crippen LogP contribution is 2.10. The van der Waals surface area contributed by atoms with E-state index < -0.39 is 11.8 Å². The second kappa shape index (κ2) is 9.44. The number of hydrogen-bond acceptors (Lipinski definition) is 5. The van der Waals surface area contributed by atoms with Crippen LogP contribution in [-0.2, 0) is 14.3 Å². The van der Waals surface area contributed by atoms with E-state index in [0.29, 0.717) is 30.0 Å². The summed E-state index contributed by atoms with van der Waals surface area (Å²) in [5.74, 6) is -1.41. The summed E-state index contributed by atoms with van der Waals surface area (Å²) in [7, 11) is 0. The van der Waals surface area contributed by atoms with Crippen molar-refractivity contribution in [1.29, 1.82) is 0 Å². The highest BCUT2D eigenvalue weighted by atomic mass is 16.5. The Bertz CT molecular complexity index is 623. The van der Waals surface area contributed by atoms with Crippen molar-refractivity contribution in [2.45, 2.75) is 34.1 Å².